The molecule has 0 aromatic heterocycles. The van der Waals surface area contributed by atoms with Crippen LogP contribution in [0.15, 0.2) is 97.2 Å². The van der Waals surface area contributed by atoms with Crippen LogP contribution in [0.4, 0.5) is 0 Å². The van der Waals surface area contributed by atoms with Crippen LogP contribution in [0.25, 0.3) is 0 Å². The minimum Gasteiger partial charge on any atom is -0.387 e. The van der Waals surface area contributed by atoms with Gasteiger partial charge in [-0.3, -0.25) is 13.8 Å². The van der Waals surface area contributed by atoms with E-state index in [0.29, 0.717) is 17.4 Å². The first-order valence-electron chi connectivity index (χ1n) is 19.1. The summed E-state index contributed by atoms with van der Waals surface area (Å²) < 4.78 is 23.3. The summed E-state index contributed by atoms with van der Waals surface area (Å²) in [5, 5.41) is 13.6. The van der Waals surface area contributed by atoms with Crippen LogP contribution in [0.2, 0.25) is 0 Å². The quantitative estimate of drug-likeness (QED) is 0.0275. The van der Waals surface area contributed by atoms with Gasteiger partial charge in [-0.25, -0.2) is 4.57 Å². The number of nitrogens with zero attached hydrogens (tertiary/aromatic N) is 1. The maximum atomic E-state index is 12.8. The molecule has 0 aliphatic rings. The van der Waals surface area contributed by atoms with Crippen LogP contribution < -0.4 is 5.32 Å². The largest absolute Gasteiger partial charge is 0.472 e. The number of quaternary nitrogens is 1. The Morgan fingerprint density at radius 1 is 0.686 bits per heavy atom. The van der Waals surface area contributed by atoms with Crippen molar-refractivity contribution in [1.29, 1.82) is 0 Å². The fraction of sp³-hybridized carbons (Fsp3) is 0.595. The third kappa shape index (κ3) is 35.6. The van der Waals surface area contributed by atoms with Gasteiger partial charge in [0.1, 0.15) is 13.2 Å². The molecule has 0 spiro atoms. The number of aliphatic hydroxyl groups excluding tert-OH is 1. The van der Waals surface area contributed by atoms with Crippen molar-refractivity contribution in [2.45, 2.75) is 122 Å². The van der Waals surface area contributed by atoms with Crippen molar-refractivity contribution in [2.75, 3.05) is 40.9 Å². The number of hydrogen-bond donors (Lipinski definition) is 3. The Morgan fingerprint density at radius 3 is 1.73 bits per heavy atom. The van der Waals surface area contributed by atoms with E-state index in [0.717, 1.165) is 77.0 Å². The summed E-state index contributed by atoms with van der Waals surface area (Å²) in [6.07, 6.45) is 46.4. The highest BCUT2D eigenvalue weighted by Gasteiger charge is 2.27. The second-order valence-corrected chi connectivity index (χ2v) is 15.0. The van der Waals surface area contributed by atoms with Gasteiger partial charge < -0.3 is 19.8 Å². The van der Waals surface area contributed by atoms with Crippen molar-refractivity contribution >= 4 is 13.7 Å². The molecule has 0 aromatic carbocycles. The van der Waals surface area contributed by atoms with E-state index >= 15 is 0 Å². The maximum absolute atomic E-state index is 12.8. The first-order chi connectivity index (χ1) is 24.5. The number of allylic oxidation sites excluding steroid dienone is 15. The highest BCUT2D eigenvalue weighted by Crippen LogP contribution is 2.43. The number of likely N-dealkylation sites (N-methyl/N-ethyl adjacent to an activating group) is 1. The minimum atomic E-state index is -4.35. The monoisotopic (exact) mass is 732 g/mol. The molecule has 290 valence electrons. The lowest BCUT2D eigenvalue weighted by Gasteiger charge is -2.25. The van der Waals surface area contributed by atoms with Gasteiger partial charge in [-0.05, 0) is 77.0 Å². The average Bonchev–Trinajstić information content (AvgIpc) is 3.07. The first kappa shape index (κ1) is 48.4. The van der Waals surface area contributed by atoms with Crippen LogP contribution in [-0.2, 0) is 18.4 Å². The standard InChI is InChI=1S/C42H71N2O6P/c1-6-8-10-12-14-16-17-18-19-20-21-22-23-24-25-26-27-28-30-32-34-36-42(46)43-40(39-50-51(47,48)49-38-37-44(3,4)5)41(45)35-33-31-29-15-13-11-9-7-2/h8,10,13-16,18-19,21-22,24-25,27-28,33,35,40-41,45H,6-7,9,11-12,17,20,23,26,29-32,34,36-39H2,1-5H3,(H-,43,46,47,48)/p+1/b10-8-,15-13+,16-14-,19-18-,22-21-,25-24-,28-27-,35-33+. The molecule has 3 atom stereocenters. The van der Waals surface area contributed by atoms with Crippen LogP contribution in [0.1, 0.15) is 110 Å². The summed E-state index contributed by atoms with van der Waals surface area (Å²) >= 11 is 0. The molecular formula is C42H72N2O6P+. The molecule has 0 fully saturated rings. The number of amides is 1. The molecule has 0 rings (SSSR count). The Labute approximate surface area is 311 Å². The van der Waals surface area contributed by atoms with Gasteiger partial charge >= 0.3 is 7.82 Å². The minimum absolute atomic E-state index is 0.0410. The summed E-state index contributed by atoms with van der Waals surface area (Å²) in [7, 11) is 1.50. The number of carbonyl (C=O) groups is 1. The van der Waals surface area contributed by atoms with Crippen LogP contribution in [0.5, 0.6) is 0 Å². The Kier molecular flexibility index (Phi) is 31.6. The molecular weight excluding hydrogens is 659 g/mol. The van der Waals surface area contributed by atoms with Crippen molar-refractivity contribution in [2.24, 2.45) is 0 Å². The van der Waals surface area contributed by atoms with E-state index in [1.165, 1.54) is 6.42 Å². The smallest absolute Gasteiger partial charge is 0.387 e. The Hall–Kier alpha value is -2.58. The van der Waals surface area contributed by atoms with E-state index in [9.17, 15) is 19.4 Å². The van der Waals surface area contributed by atoms with E-state index in [-0.39, 0.29) is 25.5 Å². The van der Waals surface area contributed by atoms with E-state index in [1.54, 1.807) is 6.08 Å². The lowest BCUT2D eigenvalue weighted by molar-refractivity contribution is -0.870. The molecule has 0 aromatic rings. The molecule has 1 amide bonds. The Bertz CT molecular complexity index is 1150. The number of phosphoric acid groups is 1. The second-order valence-electron chi connectivity index (χ2n) is 13.6. The normalized spacial score (nSPS) is 15.7. The van der Waals surface area contributed by atoms with Crippen LogP contribution in [-0.4, -0.2) is 73.4 Å². The number of phosphoric ester groups is 1. The molecule has 0 aliphatic carbocycles. The van der Waals surface area contributed by atoms with Gasteiger partial charge in [0.2, 0.25) is 5.91 Å². The topological polar surface area (TPSA) is 105 Å². The lowest BCUT2D eigenvalue weighted by Crippen LogP contribution is -2.45. The molecule has 0 aliphatic heterocycles. The number of nitrogens with one attached hydrogen (secondary N) is 1. The second kappa shape index (κ2) is 33.3. The van der Waals surface area contributed by atoms with Crippen LogP contribution >= 0.6 is 7.82 Å². The van der Waals surface area contributed by atoms with Crippen molar-refractivity contribution in [3.8, 4) is 0 Å². The van der Waals surface area contributed by atoms with Gasteiger partial charge in [0.15, 0.2) is 0 Å². The molecule has 0 bridgehead atoms. The fourth-order valence-electron chi connectivity index (χ4n) is 4.45. The van der Waals surface area contributed by atoms with Crippen molar-refractivity contribution in [3.63, 3.8) is 0 Å². The van der Waals surface area contributed by atoms with Gasteiger partial charge in [0.25, 0.3) is 0 Å². The Morgan fingerprint density at radius 2 is 1.18 bits per heavy atom. The number of rotatable bonds is 32. The van der Waals surface area contributed by atoms with Gasteiger partial charge in [-0.2, -0.15) is 0 Å². The number of aliphatic hydroxyl groups is 1. The van der Waals surface area contributed by atoms with E-state index in [2.05, 4.69) is 104 Å². The summed E-state index contributed by atoms with van der Waals surface area (Å²) in [6, 6.07) is -0.889. The van der Waals surface area contributed by atoms with Gasteiger partial charge in [0, 0.05) is 6.42 Å². The summed E-state index contributed by atoms with van der Waals surface area (Å²) in [4.78, 5) is 22.9. The molecule has 0 heterocycles. The van der Waals surface area contributed by atoms with Crippen LogP contribution in [0, 0.1) is 0 Å². The molecule has 3 unspecified atom stereocenters. The van der Waals surface area contributed by atoms with Crippen molar-refractivity contribution in [1.82, 2.24) is 5.32 Å². The predicted molar refractivity (Wildman–Crippen MR) is 216 cm³/mol. The van der Waals surface area contributed by atoms with Gasteiger partial charge in [-0.15, -0.1) is 0 Å². The number of unbranched alkanes of at least 4 members (excludes halogenated alkanes) is 5. The zero-order chi connectivity index (χ0) is 37.9. The first-order valence-corrected chi connectivity index (χ1v) is 20.6. The average molecular weight is 732 g/mol. The number of hydrogen-bond acceptors (Lipinski definition) is 5. The molecule has 51 heavy (non-hydrogen) atoms. The zero-order valence-corrected chi connectivity index (χ0v) is 33.4. The third-order valence-corrected chi connectivity index (χ3v) is 8.52. The van der Waals surface area contributed by atoms with E-state index in [1.807, 2.05) is 27.2 Å². The van der Waals surface area contributed by atoms with E-state index < -0.39 is 20.0 Å². The highest BCUT2D eigenvalue weighted by molar-refractivity contribution is 7.47. The fourth-order valence-corrected chi connectivity index (χ4v) is 5.19. The molecule has 9 heteroatoms. The van der Waals surface area contributed by atoms with Gasteiger partial charge in [0.05, 0.1) is 39.9 Å². The van der Waals surface area contributed by atoms with Crippen LogP contribution in [0.3, 0.4) is 0 Å². The van der Waals surface area contributed by atoms with Gasteiger partial charge in [-0.1, -0.05) is 124 Å². The van der Waals surface area contributed by atoms with E-state index in [4.69, 9.17) is 9.05 Å². The molecule has 0 saturated carbocycles. The third-order valence-electron chi connectivity index (χ3n) is 7.54. The summed E-state index contributed by atoms with van der Waals surface area (Å²) in [6.45, 7) is 4.51. The lowest BCUT2D eigenvalue weighted by atomic mass is 10.1. The molecule has 0 saturated heterocycles. The SMILES string of the molecule is CC/C=C\C/C=C\C/C=C\C/C=C\C/C=C\C/C=C\CCCCC(=O)NC(COP(=O)(O)OCC[N+](C)(C)C)C(O)/C=C/CC/C=C/CCCC. The summed E-state index contributed by atoms with van der Waals surface area (Å²) in [5.41, 5.74) is 0. The zero-order valence-electron chi connectivity index (χ0n) is 32.5. The maximum Gasteiger partial charge on any atom is 0.472 e. The summed E-state index contributed by atoms with van der Waals surface area (Å²) in [5.74, 6) is -0.239. The predicted octanol–water partition coefficient (Wildman–Crippen LogP) is 10.0. The van der Waals surface area contributed by atoms with Crippen molar-refractivity contribution in [3.05, 3.63) is 97.2 Å². The molecule has 8 nitrogen and oxygen atoms in total. The number of carbonyl (C=O) groups excluding carboxylic acids is 1. The Balaban J connectivity index is 4.53. The molecule has 0 radical (unpaired) electrons. The highest BCUT2D eigenvalue weighted by atomic mass is 31.2. The molecule has 3 N–H and O–H groups in total. The van der Waals surface area contributed by atoms with Crippen molar-refractivity contribution < 1.29 is 32.9 Å².